The maximum Gasteiger partial charge on any atom is 0.224 e. The number of piperidine rings is 1. The lowest BCUT2D eigenvalue weighted by Gasteiger charge is -2.43. The van der Waals surface area contributed by atoms with Gasteiger partial charge in [0.1, 0.15) is 0 Å². The number of nitrogens with one attached hydrogen (secondary N) is 1. The molecule has 2 fully saturated rings. The first-order valence-electron chi connectivity index (χ1n) is 8.69. The van der Waals surface area contributed by atoms with E-state index in [2.05, 4.69) is 17.4 Å². The van der Waals surface area contributed by atoms with Crippen molar-refractivity contribution < 1.29 is 13.2 Å². The summed E-state index contributed by atoms with van der Waals surface area (Å²) < 4.78 is 24.8. The molecule has 5 nitrogen and oxygen atoms in total. The van der Waals surface area contributed by atoms with E-state index < -0.39 is 10.0 Å². The van der Waals surface area contributed by atoms with Gasteiger partial charge in [0.15, 0.2) is 0 Å². The minimum atomic E-state index is -3.22. The fourth-order valence-electron chi connectivity index (χ4n) is 3.82. The molecule has 1 saturated heterocycles. The van der Waals surface area contributed by atoms with Crippen molar-refractivity contribution in [3.8, 4) is 0 Å². The Morgan fingerprint density at radius 2 is 1.96 bits per heavy atom. The van der Waals surface area contributed by atoms with E-state index in [9.17, 15) is 13.2 Å². The molecule has 1 atom stereocenters. The summed E-state index contributed by atoms with van der Waals surface area (Å²) in [7, 11) is -3.22. The molecule has 1 aromatic carbocycles. The molecule has 0 spiro atoms. The molecule has 1 saturated carbocycles. The minimum Gasteiger partial charge on any atom is -0.355 e. The summed E-state index contributed by atoms with van der Waals surface area (Å²) >= 11 is 0. The van der Waals surface area contributed by atoms with E-state index in [1.54, 1.807) is 0 Å². The van der Waals surface area contributed by atoms with Crippen LogP contribution < -0.4 is 5.32 Å². The number of sulfonamides is 1. The molecule has 0 bridgehead atoms. The molecule has 1 amide bonds. The van der Waals surface area contributed by atoms with Crippen molar-refractivity contribution in [3.63, 3.8) is 0 Å². The van der Waals surface area contributed by atoms with Gasteiger partial charge in [0, 0.05) is 25.0 Å². The number of carbonyl (C=O) groups excluding carboxylic acids is 1. The summed E-state index contributed by atoms with van der Waals surface area (Å²) in [5, 5.41) is 3.11. The Balaban J connectivity index is 1.61. The predicted octanol–water partition coefficient (Wildman–Crippen LogP) is 1.90. The quantitative estimate of drug-likeness (QED) is 0.882. The highest BCUT2D eigenvalue weighted by Gasteiger charge is 2.39. The molecular formula is C18H26N2O3S. The first-order valence-corrected chi connectivity index (χ1v) is 10.5. The van der Waals surface area contributed by atoms with Crippen LogP contribution in [0, 0.1) is 5.92 Å². The van der Waals surface area contributed by atoms with Crippen LogP contribution in [0.5, 0.6) is 0 Å². The molecule has 24 heavy (non-hydrogen) atoms. The number of amides is 1. The average molecular weight is 350 g/mol. The molecule has 0 radical (unpaired) electrons. The molecule has 1 aliphatic carbocycles. The van der Waals surface area contributed by atoms with Crippen LogP contribution in [0.3, 0.4) is 0 Å². The second-order valence-electron chi connectivity index (χ2n) is 7.18. The standard InChI is InChI=1S/C18H26N2O3S/c1-24(22,23)20-12-5-7-15(13-20)17(21)19-14-18(10-6-11-18)16-8-3-2-4-9-16/h2-4,8-9,15H,5-7,10-14H2,1H3,(H,19,21)/t15-/m1/s1. The number of rotatable bonds is 5. The normalized spacial score (nSPS) is 24.1. The molecule has 6 heteroatoms. The Kier molecular flexibility index (Phi) is 4.97. The van der Waals surface area contributed by atoms with Crippen molar-refractivity contribution in [1.82, 2.24) is 9.62 Å². The third-order valence-corrected chi connectivity index (χ3v) is 6.79. The van der Waals surface area contributed by atoms with E-state index >= 15 is 0 Å². The average Bonchev–Trinajstić information content (AvgIpc) is 2.54. The van der Waals surface area contributed by atoms with Crippen molar-refractivity contribution in [2.45, 2.75) is 37.5 Å². The lowest BCUT2D eigenvalue weighted by Crippen LogP contribution is -2.50. The Morgan fingerprint density at radius 1 is 1.25 bits per heavy atom. The second kappa shape index (κ2) is 6.84. The second-order valence-corrected chi connectivity index (χ2v) is 9.16. The Hall–Kier alpha value is -1.40. The van der Waals surface area contributed by atoms with Crippen LogP contribution >= 0.6 is 0 Å². The van der Waals surface area contributed by atoms with Crippen LogP contribution in [-0.2, 0) is 20.2 Å². The number of hydrogen-bond donors (Lipinski definition) is 1. The monoisotopic (exact) mass is 350 g/mol. The van der Waals surface area contributed by atoms with Gasteiger partial charge in [0.2, 0.25) is 15.9 Å². The molecule has 1 N–H and O–H groups in total. The molecule has 1 heterocycles. The Labute approximate surface area is 144 Å². The van der Waals surface area contributed by atoms with Crippen LogP contribution in [-0.4, -0.2) is 44.5 Å². The van der Waals surface area contributed by atoms with Gasteiger partial charge >= 0.3 is 0 Å². The van der Waals surface area contributed by atoms with Crippen LogP contribution in [0.25, 0.3) is 0 Å². The van der Waals surface area contributed by atoms with E-state index in [-0.39, 0.29) is 17.2 Å². The van der Waals surface area contributed by atoms with Gasteiger partial charge in [-0.2, -0.15) is 0 Å². The van der Waals surface area contributed by atoms with Crippen molar-refractivity contribution in [2.24, 2.45) is 5.92 Å². The van der Waals surface area contributed by atoms with E-state index in [1.165, 1.54) is 22.5 Å². The maximum absolute atomic E-state index is 12.6. The predicted molar refractivity (Wildman–Crippen MR) is 94.1 cm³/mol. The summed E-state index contributed by atoms with van der Waals surface area (Å²) in [5.41, 5.74) is 1.35. The van der Waals surface area contributed by atoms with E-state index in [0.717, 1.165) is 25.7 Å². The third kappa shape index (κ3) is 3.64. The first kappa shape index (κ1) is 17.4. The fraction of sp³-hybridized carbons (Fsp3) is 0.611. The molecule has 1 aliphatic heterocycles. The van der Waals surface area contributed by atoms with Gasteiger partial charge in [-0.15, -0.1) is 0 Å². The molecule has 132 valence electrons. The zero-order chi connectivity index (χ0) is 17.2. The van der Waals surface area contributed by atoms with Crippen LogP contribution in [0.15, 0.2) is 30.3 Å². The highest BCUT2D eigenvalue weighted by atomic mass is 32.2. The zero-order valence-electron chi connectivity index (χ0n) is 14.2. The molecule has 0 aromatic heterocycles. The fourth-order valence-corrected chi connectivity index (χ4v) is 4.73. The highest BCUT2D eigenvalue weighted by molar-refractivity contribution is 7.88. The highest BCUT2D eigenvalue weighted by Crippen LogP contribution is 2.43. The van der Waals surface area contributed by atoms with Crippen molar-refractivity contribution in [2.75, 3.05) is 25.9 Å². The Bertz CT molecular complexity index is 683. The van der Waals surface area contributed by atoms with E-state index in [4.69, 9.17) is 0 Å². The number of carbonyl (C=O) groups is 1. The largest absolute Gasteiger partial charge is 0.355 e. The van der Waals surface area contributed by atoms with Gasteiger partial charge in [0.05, 0.1) is 12.2 Å². The summed E-state index contributed by atoms with van der Waals surface area (Å²) in [6, 6.07) is 10.4. The first-order chi connectivity index (χ1) is 11.4. The topological polar surface area (TPSA) is 66.5 Å². The van der Waals surface area contributed by atoms with E-state index in [0.29, 0.717) is 19.6 Å². The molecular weight excluding hydrogens is 324 g/mol. The van der Waals surface area contributed by atoms with Crippen LogP contribution in [0.2, 0.25) is 0 Å². The Morgan fingerprint density at radius 3 is 2.54 bits per heavy atom. The molecule has 2 aliphatic rings. The molecule has 3 rings (SSSR count). The number of hydrogen-bond acceptors (Lipinski definition) is 3. The van der Waals surface area contributed by atoms with Crippen LogP contribution in [0.4, 0.5) is 0 Å². The number of benzene rings is 1. The zero-order valence-corrected chi connectivity index (χ0v) is 15.0. The summed E-state index contributed by atoms with van der Waals surface area (Å²) in [6.45, 7) is 1.48. The van der Waals surface area contributed by atoms with Crippen molar-refractivity contribution >= 4 is 15.9 Å². The van der Waals surface area contributed by atoms with E-state index in [1.807, 2.05) is 18.2 Å². The summed E-state index contributed by atoms with van der Waals surface area (Å²) in [4.78, 5) is 12.6. The number of nitrogens with zero attached hydrogens (tertiary/aromatic N) is 1. The minimum absolute atomic E-state index is 0.00874. The maximum atomic E-state index is 12.6. The van der Waals surface area contributed by atoms with Gasteiger partial charge in [-0.3, -0.25) is 4.79 Å². The SMILES string of the molecule is CS(=O)(=O)N1CCC[C@@H](C(=O)NCC2(c3ccccc3)CCC2)C1. The van der Waals surface area contributed by atoms with Gasteiger partial charge < -0.3 is 5.32 Å². The van der Waals surface area contributed by atoms with Gasteiger partial charge in [-0.25, -0.2) is 12.7 Å². The molecule has 1 aromatic rings. The summed E-state index contributed by atoms with van der Waals surface area (Å²) in [6.07, 6.45) is 6.10. The lowest BCUT2D eigenvalue weighted by molar-refractivity contribution is -0.126. The molecule has 0 unspecified atom stereocenters. The van der Waals surface area contributed by atoms with Gasteiger partial charge in [-0.1, -0.05) is 36.8 Å². The lowest BCUT2D eigenvalue weighted by atomic mass is 9.64. The van der Waals surface area contributed by atoms with Gasteiger partial charge in [0.25, 0.3) is 0 Å². The van der Waals surface area contributed by atoms with Gasteiger partial charge in [-0.05, 0) is 31.2 Å². The third-order valence-electron chi connectivity index (χ3n) is 5.52. The summed E-state index contributed by atoms with van der Waals surface area (Å²) in [5.74, 6) is -0.244. The smallest absolute Gasteiger partial charge is 0.224 e. The van der Waals surface area contributed by atoms with Crippen molar-refractivity contribution in [3.05, 3.63) is 35.9 Å². The van der Waals surface area contributed by atoms with Crippen molar-refractivity contribution in [1.29, 1.82) is 0 Å². The van der Waals surface area contributed by atoms with Crippen LogP contribution in [0.1, 0.15) is 37.7 Å².